The number of imidazole rings is 1. The van der Waals surface area contributed by atoms with E-state index in [1.54, 1.807) is 0 Å². The van der Waals surface area contributed by atoms with E-state index in [2.05, 4.69) is 65.2 Å². The van der Waals surface area contributed by atoms with Crippen molar-refractivity contribution in [2.45, 2.75) is 19.9 Å². The van der Waals surface area contributed by atoms with Crippen molar-refractivity contribution in [3.63, 3.8) is 0 Å². The molecule has 3 heterocycles. The molecule has 0 saturated heterocycles. The number of nitrogens with zero attached hydrogens (tertiary/aromatic N) is 4. The van der Waals surface area contributed by atoms with Gasteiger partial charge in [0.25, 0.3) is 0 Å². The Morgan fingerprint density at radius 3 is 2.56 bits per heavy atom. The van der Waals surface area contributed by atoms with Crippen LogP contribution in [-0.4, -0.2) is 19.2 Å². The molecule has 1 N–H and O–H groups in total. The summed E-state index contributed by atoms with van der Waals surface area (Å²) in [6.45, 7) is 4.22. The quantitative estimate of drug-likeness (QED) is 0.609. The SMILES string of the molecule is Cc1cccn2cc(-c3ccc(NC(C)c4cnn(C)c4)cc3)nc12. The predicted octanol–water partition coefficient (Wildman–Crippen LogP) is 4.22. The zero-order valence-corrected chi connectivity index (χ0v) is 14.6. The first-order valence-corrected chi connectivity index (χ1v) is 8.40. The van der Waals surface area contributed by atoms with E-state index in [0.29, 0.717) is 0 Å². The first kappa shape index (κ1) is 15.4. The predicted molar refractivity (Wildman–Crippen MR) is 101 cm³/mol. The Balaban J connectivity index is 1.55. The number of nitrogens with one attached hydrogen (secondary N) is 1. The summed E-state index contributed by atoms with van der Waals surface area (Å²) < 4.78 is 3.89. The molecule has 0 aliphatic rings. The molecule has 0 fully saturated rings. The normalized spacial score (nSPS) is 12.4. The molecule has 0 aliphatic carbocycles. The second-order valence-electron chi connectivity index (χ2n) is 6.44. The summed E-state index contributed by atoms with van der Waals surface area (Å²) in [5, 5.41) is 7.73. The Kier molecular flexibility index (Phi) is 3.76. The molecule has 0 saturated carbocycles. The molecule has 0 amide bonds. The van der Waals surface area contributed by atoms with Crippen molar-refractivity contribution in [2.24, 2.45) is 7.05 Å². The molecular formula is C20H21N5. The largest absolute Gasteiger partial charge is 0.378 e. The van der Waals surface area contributed by atoms with Gasteiger partial charge in [-0.1, -0.05) is 18.2 Å². The Morgan fingerprint density at radius 1 is 1.08 bits per heavy atom. The molecule has 1 aromatic carbocycles. The number of fused-ring (bicyclic) bond motifs is 1. The maximum absolute atomic E-state index is 4.75. The highest BCUT2D eigenvalue weighted by Crippen LogP contribution is 2.24. The summed E-state index contributed by atoms with van der Waals surface area (Å²) in [6, 6.07) is 12.7. The summed E-state index contributed by atoms with van der Waals surface area (Å²) in [5.74, 6) is 0. The highest BCUT2D eigenvalue weighted by Gasteiger charge is 2.09. The van der Waals surface area contributed by atoms with E-state index in [0.717, 1.165) is 22.6 Å². The van der Waals surface area contributed by atoms with Crippen molar-refractivity contribution < 1.29 is 0 Å². The summed E-state index contributed by atoms with van der Waals surface area (Å²) in [6.07, 6.45) is 8.03. The van der Waals surface area contributed by atoms with Crippen LogP contribution in [0, 0.1) is 6.92 Å². The van der Waals surface area contributed by atoms with Gasteiger partial charge in [-0.2, -0.15) is 5.10 Å². The number of hydrogen-bond donors (Lipinski definition) is 1. The number of anilines is 1. The van der Waals surface area contributed by atoms with Crippen molar-refractivity contribution in [3.8, 4) is 11.3 Å². The molecular weight excluding hydrogens is 310 g/mol. The van der Waals surface area contributed by atoms with E-state index in [4.69, 9.17) is 4.98 Å². The van der Waals surface area contributed by atoms with Crippen LogP contribution in [0.3, 0.4) is 0 Å². The van der Waals surface area contributed by atoms with Gasteiger partial charge in [-0.25, -0.2) is 4.98 Å². The van der Waals surface area contributed by atoms with E-state index in [-0.39, 0.29) is 6.04 Å². The Bertz CT molecular complexity index is 1010. The minimum absolute atomic E-state index is 0.206. The lowest BCUT2D eigenvalue weighted by Gasteiger charge is -2.13. The Hall–Kier alpha value is -3.08. The molecule has 3 aromatic heterocycles. The van der Waals surface area contributed by atoms with Crippen LogP contribution in [0.5, 0.6) is 0 Å². The number of pyridine rings is 1. The van der Waals surface area contributed by atoms with Crippen molar-refractivity contribution in [1.82, 2.24) is 19.2 Å². The lowest BCUT2D eigenvalue weighted by atomic mass is 10.1. The number of aryl methyl sites for hydroxylation is 2. The maximum Gasteiger partial charge on any atom is 0.140 e. The van der Waals surface area contributed by atoms with E-state index in [1.165, 1.54) is 11.1 Å². The van der Waals surface area contributed by atoms with Gasteiger partial charge >= 0.3 is 0 Å². The molecule has 4 aromatic rings. The van der Waals surface area contributed by atoms with Crippen molar-refractivity contribution >= 4 is 11.3 Å². The Labute approximate surface area is 147 Å². The van der Waals surface area contributed by atoms with Crippen LogP contribution in [0.4, 0.5) is 5.69 Å². The topological polar surface area (TPSA) is 47.1 Å². The minimum Gasteiger partial charge on any atom is -0.378 e. The number of hydrogen-bond acceptors (Lipinski definition) is 3. The van der Waals surface area contributed by atoms with Crippen LogP contribution in [-0.2, 0) is 7.05 Å². The van der Waals surface area contributed by atoms with Crippen LogP contribution in [0.25, 0.3) is 16.9 Å². The molecule has 5 nitrogen and oxygen atoms in total. The van der Waals surface area contributed by atoms with Gasteiger partial charge in [0.05, 0.1) is 17.9 Å². The summed E-state index contributed by atoms with van der Waals surface area (Å²) in [4.78, 5) is 4.75. The van der Waals surface area contributed by atoms with Crippen LogP contribution in [0.2, 0.25) is 0 Å². The molecule has 5 heteroatoms. The molecule has 1 unspecified atom stereocenters. The van der Waals surface area contributed by atoms with Gasteiger partial charge in [0, 0.05) is 42.5 Å². The number of benzene rings is 1. The molecule has 0 bridgehead atoms. The molecule has 25 heavy (non-hydrogen) atoms. The number of aromatic nitrogens is 4. The van der Waals surface area contributed by atoms with Gasteiger partial charge in [0.2, 0.25) is 0 Å². The van der Waals surface area contributed by atoms with E-state index >= 15 is 0 Å². The fraction of sp³-hybridized carbons (Fsp3) is 0.200. The highest BCUT2D eigenvalue weighted by atomic mass is 15.2. The van der Waals surface area contributed by atoms with Crippen LogP contribution in [0.1, 0.15) is 24.1 Å². The van der Waals surface area contributed by atoms with Crippen molar-refractivity contribution in [2.75, 3.05) is 5.32 Å². The van der Waals surface area contributed by atoms with Gasteiger partial charge in [0.1, 0.15) is 5.65 Å². The lowest BCUT2D eigenvalue weighted by molar-refractivity contribution is 0.765. The second kappa shape index (κ2) is 6.09. The van der Waals surface area contributed by atoms with E-state index in [1.807, 2.05) is 36.4 Å². The van der Waals surface area contributed by atoms with Crippen molar-refractivity contribution in [3.05, 3.63) is 72.3 Å². The van der Waals surface area contributed by atoms with Crippen LogP contribution in [0.15, 0.2) is 61.2 Å². The third-order valence-corrected chi connectivity index (χ3v) is 4.47. The lowest BCUT2D eigenvalue weighted by Crippen LogP contribution is -2.05. The summed E-state index contributed by atoms with van der Waals surface area (Å²) in [7, 11) is 1.93. The second-order valence-corrected chi connectivity index (χ2v) is 6.44. The van der Waals surface area contributed by atoms with E-state index in [9.17, 15) is 0 Å². The highest BCUT2D eigenvalue weighted by molar-refractivity contribution is 5.66. The summed E-state index contributed by atoms with van der Waals surface area (Å²) in [5.41, 5.74) is 6.54. The third kappa shape index (κ3) is 3.01. The maximum atomic E-state index is 4.75. The van der Waals surface area contributed by atoms with Gasteiger partial charge in [-0.3, -0.25) is 4.68 Å². The first-order chi connectivity index (χ1) is 12.1. The molecule has 0 aliphatic heterocycles. The summed E-state index contributed by atoms with van der Waals surface area (Å²) >= 11 is 0. The van der Waals surface area contributed by atoms with Gasteiger partial charge in [0.15, 0.2) is 0 Å². The van der Waals surface area contributed by atoms with Gasteiger partial charge < -0.3 is 9.72 Å². The molecule has 1 atom stereocenters. The van der Waals surface area contributed by atoms with E-state index < -0.39 is 0 Å². The van der Waals surface area contributed by atoms with Gasteiger partial charge in [-0.15, -0.1) is 0 Å². The zero-order valence-electron chi connectivity index (χ0n) is 14.6. The molecule has 0 spiro atoms. The van der Waals surface area contributed by atoms with Gasteiger partial charge in [-0.05, 0) is 37.6 Å². The monoisotopic (exact) mass is 331 g/mol. The number of rotatable bonds is 4. The minimum atomic E-state index is 0.206. The van der Waals surface area contributed by atoms with Crippen LogP contribution < -0.4 is 5.32 Å². The third-order valence-electron chi connectivity index (χ3n) is 4.47. The Morgan fingerprint density at radius 2 is 1.88 bits per heavy atom. The fourth-order valence-electron chi connectivity index (χ4n) is 3.03. The molecule has 126 valence electrons. The van der Waals surface area contributed by atoms with Crippen LogP contribution >= 0.6 is 0 Å². The first-order valence-electron chi connectivity index (χ1n) is 8.40. The average Bonchev–Trinajstić information content (AvgIpc) is 3.23. The standard InChI is InChI=1S/C20H21N5/c1-14-5-4-10-25-13-19(23-20(14)25)16-6-8-18(9-7-16)22-15(2)17-11-21-24(3)12-17/h4-13,15,22H,1-3H3. The molecule has 0 radical (unpaired) electrons. The average molecular weight is 331 g/mol. The fourth-order valence-corrected chi connectivity index (χ4v) is 3.03. The van der Waals surface area contributed by atoms with Crippen molar-refractivity contribution in [1.29, 1.82) is 0 Å². The smallest absolute Gasteiger partial charge is 0.140 e. The zero-order chi connectivity index (χ0) is 17.4. The molecule has 4 rings (SSSR count).